The average molecular weight is 154 g/mol. The van der Waals surface area contributed by atoms with Crippen LogP contribution in [0.3, 0.4) is 0 Å². The van der Waals surface area contributed by atoms with Gasteiger partial charge in [0.25, 0.3) is 0 Å². The zero-order valence-corrected chi connectivity index (χ0v) is 5.75. The number of allylic oxidation sites excluding steroid dienone is 1. The van der Waals surface area contributed by atoms with Crippen molar-refractivity contribution in [1.29, 1.82) is 0 Å². The van der Waals surface area contributed by atoms with E-state index in [1.807, 2.05) is 0 Å². The second-order valence-corrected chi connectivity index (χ2v) is 1.99. The maximum Gasteiger partial charge on any atom is 0.153 e. The molecule has 1 aromatic heterocycles. The number of H-pyrrole nitrogens is 1. The van der Waals surface area contributed by atoms with Crippen LogP contribution >= 0.6 is 0 Å². The number of hydrogen-bond donors (Lipinski definition) is 1. The van der Waals surface area contributed by atoms with Crippen molar-refractivity contribution in [2.75, 3.05) is 0 Å². The summed E-state index contributed by atoms with van der Waals surface area (Å²) < 4.78 is 11.5. The van der Waals surface area contributed by atoms with Gasteiger partial charge in [-0.25, -0.2) is 4.39 Å². The zero-order valence-electron chi connectivity index (χ0n) is 5.75. The lowest BCUT2D eigenvalue weighted by molar-refractivity contribution is 0.112. The fraction of sp³-hybridized carbons (Fsp3) is 0.143. The van der Waals surface area contributed by atoms with Crippen molar-refractivity contribution in [2.24, 2.45) is 0 Å². The number of nitrogens with one attached hydrogen (secondary N) is 1. The SMILES string of the molecule is O=Cc1cn[nH]c1CC=CF. The van der Waals surface area contributed by atoms with Gasteiger partial charge >= 0.3 is 0 Å². The first-order valence-corrected chi connectivity index (χ1v) is 3.11. The van der Waals surface area contributed by atoms with Crippen LogP contribution < -0.4 is 0 Å². The Morgan fingerprint density at radius 2 is 2.55 bits per heavy atom. The molecule has 0 aliphatic heterocycles. The fourth-order valence-corrected chi connectivity index (χ4v) is 0.750. The van der Waals surface area contributed by atoms with E-state index >= 15 is 0 Å². The van der Waals surface area contributed by atoms with E-state index in [1.54, 1.807) is 0 Å². The van der Waals surface area contributed by atoms with Crippen molar-refractivity contribution in [3.05, 3.63) is 29.9 Å². The third-order valence-electron chi connectivity index (χ3n) is 1.29. The summed E-state index contributed by atoms with van der Waals surface area (Å²) in [5.74, 6) is 0. The van der Waals surface area contributed by atoms with Crippen molar-refractivity contribution >= 4 is 6.29 Å². The highest BCUT2D eigenvalue weighted by Crippen LogP contribution is 2.02. The largest absolute Gasteiger partial charge is 0.298 e. The Kier molecular flexibility index (Phi) is 2.54. The minimum atomic E-state index is 0.366. The predicted molar refractivity (Wildman–Crippen MR) is 37.9 cm³/mol. The molecule has 0 unspecified atom stereocenters. The standard InChI is InChI=1S/C7H7FN2O/c8-3-1-2-7-6(5-11)4-9-10-7/h1,3-5H,2H2,(H,9,10). The van der Waals surface area contributed by atoms with E-state index in [4.69, 9.17) is 0 Å². The molecule has 0 aliphatic carbocycles. The number of aldehydes is 1. The highest BCUT2D eigenvalue weighted by molar-refractivity contribution is 5.75. The summed E-state index contributed by atoms with van der Waals surface area (Å²) in [6, 6.07) is 0. The van der Waals surface area contributed by atoms with E-state index in [0.29, 0.717) is 30.3 Å². The van der Waals surface area contributed by atoms with Crippen LogP contribution in [0.15, 0.2) is 18.6 Å². The highest BCUT2D eigenvalue weighted by atomic mass is 19.1. The Morgan fingerprint density at radius 1 is 1.73 bits per heavy atom. The van der Waals surface area contributed by atoms with Gasteiger partial charge < -0.3 is 0 Å². The minimum absolute atomic E-state index is 0.366. The molecule has 0 fully saturated rings. The van der Waals surface area contributed by atoms with Gasteiger partial charge in [0.05, 0.1) is 18.1 Å². The van der Waals surface area contributed by atoms with E-state index in [-0.39, 0.29) is 0 Å². The molecular weight excluding hydrogens is 147 g/mol. The van der Waals surface area contributed by atoms with Crippen molar-refractivity contribution in [2.45, 2.75) is 6.42 Å². The molecule has 58 valence electrons. The van der Waals surface area contributed by atoms with Gasteiger partial charge in [0, 0.05) is 12.1 Å². The Morgan fingerprint density at radius 3 is 3.18 bits per heavy atom. The first-order chi connectivity index (χ1) is 5.38. The molecule has 0 bridgehead atoms. The molecule has 1 rings (SSSR count). The monoisotopic (exact) mass is 154 g/mol. The van der Waals surface area contributed by atoms with E-state index in [1.165, 1.54) is 12.3 Å². The molecule has 1 aromatic rings. The van der Waals surface area contributed by atoms with Crippen LogP contribution in [0.25, 0.3) is 0 Å². The first-order valence-electron chi connectivity index (χ1n) is 3.11. The average Bonchev–Trinajstić information content (AvgIpc) is 2.47. The number of hydrogen-bond acceptors (Lipinski definition) is 2. The summed E-state index contributed by atoms with van der Waals surface area (Å²) >= 11 is 0. The molecular formula is C7H7FN2O. The lowest BCUT2D eigenvalue weighted by atomic mass is 10.2. The van der Waals surface area contributed by atoms with Gasteiger partial charge in [-0.1, -0.05) is 6.08 Å². The number of aromatic amines is 1. The van der Waals surface area contributed by atoms with Crippen LogP contribution in [0.4, 0.5) is 4.39 Å². The van der Waals surface area contributed by atoms with Gasteiger partial charge in [-0.15, -0.1) is 0 Å². The van der Waals surface area contributed by atoms with Gasteiger partial charge in [-0.05, 0) is 0 Å². The molecule has 3 nitrogen and oxygen atoms in total. The molecule has 0 aliphatic rings. The normalized spacial score (nSPS) is 10.6. The molecule has 4 heteroatoms. The lowest BCUT2D eigenvalue weighted by Gasteiger charge is -1.88. The van der Waals surface area contributed by atoms with Crippen molar-refractivity contribution in [3.63, 3.8) is 0 Å². The third-order valence-corrected chi connectivity index (χ3v) is 1.29. The summed E-state index contributed by atoms with van der Waals surface area (Å²) in [7, 11) is 0. The van der Waals surface area contributed by atoms with Gasteiger partial charge in [0.15, 0.2) is 6.29 Å². The summed E-state index contributed by atoms with van der Waals surface area (Å²) in [5, 5.41) is 6.23. The second kappa shape index (κ2) is 3.65. The summed E-state index contributed by atoms with van der Waals surface area (Å²) in [5.41, 5.74) is 1.11. The predicted octanol–water partition coefficient (Wildman–Crippen LogP) is 1.25. The molecule has 0 spiro atoms. The summed E-state index contributed by atoms with van der Waals surface area (Å²) in [6.07, 6.45) is 4.21. The molecule has 0 aromatic carbocycles. The number of carbonyl (C=O) groups is 1. The fourth-order valence-electron chi connectivity index (χ4n) is 0.750. The van der Waals surface area contributed by atoms with E-state index in [2.05, 4.69) is 10.2 Å². The second-order valence-electron chi connectivity index (χ2n) is 1.99. The molecule has 0 atom stereocenters. The Hall–Kier alpha value is -1.45. The zero-order chi connectivity index (χ0) is 8.10. The molecule has 0 radical (unpaired) electrons. The molecule has 0 amide bonds. The minimum Gasteiger partial charge on any atom is -0.298 e. The van der Waals surface area contributed by atoms with Gasteiger partial charge in [-0.3, -0.25) is 9.89 Å². The molecule has 1 heterocycles. The van der Waals surface area contributed by atoms with Crippen LogP contribution in [0, 0.1) is 0 Å². The third kappa shape index (κ3) is 1.73. The highest BCUT2D eigenvalue weighted by Gasteiger charge is 2.00. The van der Waals surface area contributed by atoms with Crippen LogP contribution in [0.5, 0.6) is 0 Å². The molecule has 11 heavy (non-hydrogen) atoms. The maximum absolute atomic E-state index is 11.5. The Labute approximate surface area is 62.9 Å². The van der Waals surface area contributed by atoms with E-state index in [9.17, 15) is 9.18 Å². The van der Waals surface area contributed by atoms with Crippen LogP contribution in [-0.2, 0) is 6.42 Å². The van der Waals surface area contributed by atoms with Gasteiger partial charge in [0.2, 0.25) is 0 Å². The van der Waals surface area contributed by atoms with Crippen molar-refractivity contribution in [1.82, 2.24) is 10.2 Å². The number of aromatic nitrogens is 2. The first kappa shape index (κ1) is 7.65. The Balaban J connectivity index is 2.76. The lowest BCUT2D eigenvalue weighted by Crippen LogP contribution is -1.86. The number of carbonyl (C=O) groups excluding carboxylic acids is 1. The number of halogens is 1. The van der Waals surface area contributed by atoms with E-state index in [0.717, 1.165) is 0 Å². The smallest absolute Gasteiger partial charge is 0.153 e. The van der Waals surface area contributed by atoms with Crippen LogP contribution in [0.2, 0.25) is 0 Å². The Bertz CT molecular complexity index is 267. The quantitative estimate of drug-likeness (QED) is 0.666. The summed E-state index contributed by atoms with van der Waals surface area (Å²) in [4.78, 5) is 10.3. The van der Waals surface area contributed by atoms with Gasteiger partial charge in [-0.2, -0.15) is 5.10 Å². The van der Waals surface area contributed by atoms with Crippen molar-refractivity contribution in [3.8, 4) is 0 Å². The number of rotatable bonds is 3. The van der Waals surface area contributed by atoms with Crippen LogP contribution in [0.1, 0.15) is 16.1 Å². The maximum atomic E-state index is 11.5. The molecule has 0 saturated carbocycles. The summed E-state index contributed by atoms with van der Waals surface area (Å²) in [6.45, 7) is 0. The topological polar surface area (TPSA) is 45.8 Å². The molecule has 0 saturated heterocycles. The van der Waals surface area contributed by atoms with E-state index < -0.39 is 0 Å². The molecule has 1 N–H and O–H groups in total. The van der Waals surface area contributed by atoms with Crippen LogP contribution in [-0.4, -0.2) is 16.5 Å². The van der Waals surface area contributed by atoms with Crippen molar-refractivity contribution < 1.29 is 9.18 Å². The van der Waals surface area contributed by atoms with Gasteiger partial charge in [0.1, 0.15) is 0 Å². The number of nitrogens with zero attached hydrogens (tertiary/aromatic N) is 1.